The van der Waals surface area contributed by atoms with Crippen LogP contribution in [0.3, 0.4) is 0 Å². The van der Waals surface area contributed by atoms with Gasteiger partial charge in [-0.1, -0.05) is 48.5 Å². The molecule has 0 radical (unpaired) electrons. The second-order valence-corrected chi connectivity index (χ2v) is 4.23. The van der Waals surface area contributed by atoms with E-state index in [2.05, 4.69) is 11.1 Å². The van der Waals surface area contributed by atoms with E-state index in [9.17, 15) is 10.1 Å². The smallest absolute Gasteiger partial charge is 0.257 e. The highest BCUT2D eigenvalue weighted by atomic mass is 16.1. The Hall–Kier alpha value is -2.86. The lowest BCUT2D eigenvalue weighted by Crippen LogP contribution is -2.11. The summed E-state index contributed by atoms with van der Waals surface area (Å²) in [5.74, 6) is 0. The van der Waals surface area contributed by atoms with Gasteiger partial charge in [0.15, 0.2) is 0 Å². The number of aromatic amines is 1. The van der Waals surface area contributed by atoms with Crippen LogP contribution in [0.2, 0.25) is 0 Å². The molecule has 0 saturated carbocycles. The predicted molar refractivity (Wildman–Crippen MR) is 74.7 cm³/mol. The molecule has 3 aromatic rings. The van der Waals surface area contributed by atoms with Crippen LogP contribution in [0, 0.1) is 11.3 Å². The summed E-state index contributed by atoms with van der Waals surface area (Å²) in [5.41, 5.74) is 2.06. The summed E-state index contributed by atoms with van der Waals surface area (Å²) in [4.78, 5) is 15.0. The first-order chi connectivity index (χ1) is 9.31. The monoisotopic (exact) mass is 246 g/mol. The second kappa shape index (κ2) is 4.43. The standard InChI is InChI=1S/C16H10N2O/c17-10-13-12-8-4-5-9-14(12)18-16(19)15(13)11-6-2-1-3-7-11/h1-9H,(H,18,19). The molecule has 19 heavy (non-hydrogen) atoms. The average Bonchev–Trinajstić information content (AvgIpc) is 2.46. The van der Waals surface area contributed by atoms with E-state index in [4.69, 9.17) is 0 Å². The van der Waals surface area contributed by atoms with Gasteiger partial charge in [0, 0.05) is 10.9 Å². The first-order valence-corrected chi connectivity index (χ1v) is 5.92. The molecule has 0 amide bonds. The summed E-state index contributed by atoms with van der Waals surface area (Å²) in [7, 11) is 0. The molecular formula is C16H10N2O. The third-order valence-electron chi connectivity index (χ3n) is 3.10. The summed E-state index contributed by atoms with van der Waals surface area (Å²) < 4.78 is 0. The van der Waals surface area contributed by atoms with E-state index in [0.29, 0.717) is 16.6 Å². The Morgan fingerprint density at radius 3 is 2.37 bits per heavy atom. The van der Waals surface area contributed by atoms with Crippen molar-refractivity contribution in [1.82, 2.24) is 4.98 Å². The van der Waals surface area contributed by atoms with Crippen molar-refractivity contribution in [2.45, 2.75) is 0 Å². The van der Waals surface area contributed by atoms with E-state index in [0.717, 1.165) is 10.9 Å². The molecule has 1 heterocycles. The normalized spacial score (nSPS) is 10.3. The van der Waals surface area contributed by atoms with Crippen molar-refractivity contribution in [3.63, 3.8) is 0 Å². The zero-order chi connectivity index (χ0) is 13.2. The van der Waals surface area contributed by atoms with Gasteiger partial charge < -0.3 is 4.98 Å². The lowest BCUT2D eigenvalue weighted by Gasteiger charge is -2.06. The van der Waals surface area contributed by atoms with Crippen molar-refractivity contribution in [1.29, 1.82) is 5.26 Å². The molecule has 0 bridgehead atoms. The van der Waals surface area contributed by atoms with Crippen LogP contribution in [0.25, 0.3) is 22.0 Å². The van der Waals surface area contributed by atoms with Crippen molar-refractivity contribution in [2.24, 2.45) is 0 Å². The number of benzene rings is 2. The highest BCUT2D eigenvalue weighted by Crippen LogP contribution is 2.24. The van der Waals surface area contributed by atoms with Gasteiger partial charge in [-0.05, 0) is 11.6 Å². The number of fused-ring (bicyclic) bond motifs is 1. The van der Waals surface area contributed by atoms with Gasteiger partial charge in [0.25, 0.3) is 5.56 Å². The third kappa shape index (κ3) is 1.80. The van der Waals surface area contributed by atoms with E-state index >= 15 is 0 Å². The molecule has 0 aliphatic carbocycles. The first kappa shape index (κ1) is 11.2. The van der Waals surface area contributed by atoms with Crippen LogP contribution in [0.15, 0.2) is 59.4 Å². The number of hydrogen-bond donors (Lipinski definition) is 1. The van der Waals surface area contributed by atoms with Crippen LogP contribution in [-0.2, 0) is 0 Å². The molecule has 3 heteroatoms. The molecule has 1 aromatic heterocycles. The van der Waals surface area contributed by atoms with Crippen LogP contribution >= 0.6 is 0 Å². The summed E-state index contributed by atoms with van der Waals surface area (Å²) >= 11 is 0. The molecule has 1 N–H and O–H groups in total. The van der Waals surface area contributed by atoms with Gasteiger partial charge in [-0.25, -0.2) is 0 Å². The quantitative estimate of drug-likeness (QED) is 0.717. The second-order valence-electron chi connectivity index (χ2n) is 4.23. The molecule has 90 valence electrons. The zero-order valence-corrected chi connectivity index (χ0v) is 10.1. The third-order valence-corrected chi connectivity index (χ3v) is 3.10. The largest absolute Gasteiger partial charge is 0.321 e. The van der Waals surface area contributed by atoms with Crippen molar-refractivity contribution < 1.29 is 0 Å². The van der Waals surface area contributed by atoms with Gasteiger partial charge in [-0.15, -0.1) is 0 Å². The number of nitrogens with one attached hydrogen (secondary N) is 1. The van der Waals surface area contributed by atoms with E-state index in [-0.39, 0.29) is 5.56 Å². The van der Waals surface area contributed by atoms with Crippen LogP contribution in [0.1, 0.15) is 5.56 Å². The van der Waals surface area contributed by atoms with Gasteiger partial charge in [-0.2, -0.15) is 5.26 Å². The van der Waals surface area contributed by atoms with Gasteiger partial charge in [0.1, 0.15) is 6.07 Å². The summed E-state index contributed by atoms with van der Waals surface area (Å²) in [6, 6.07) is 18.7. The fraction of sp³-hybridized carbons (Fsp3) is 0. The lowest BCUT2D eigenvalue weighted by molar-refractivity contribution is 1.29. The molecule has 0 spiro atoms. The van der Waals surface area contributed by atoms with E-state index in [1.54, 1.807) is 6.07 Å². The Morgan fingerprint density at radius 2 is 1.63 bits per heavy atom. The fourth-order valence-electron chi connectivity index (χ4n) is 2.24. The van der Waals surface area contributed by atoms with Gasteiger partial charge >= 0.3 is 0 Å². The maximum Gasteiger partial charge on any atom is 0.257 e. The topological polar surface area (TPSA) is 56.6 Å². The molecular weight excluding hydrogens is 236 g/mol. The molecule has 0 unspecified atom stereocenters. The van der Waals surface area contributed by atoms with E-state index in [1.807, 2.05) is 48.5 Å². The number of H-pyrrole nitrogens is 1. The van der Waals surface area contributed by atoms with E-state index < -0.39 is 0 Å². The number of para-hydroxylation sites is 1. The van der Waals surface area contributed by atoms with Crippen LogP contribution < -0.4 is 5.56 Å². The summed E-state index contributed by atoms with van der Waals surface area (Å²) in [5, 5.41) is 10.2. The number of hydrogen-bond acceptors (Lipinski definition) is 2. The minimum absolute atomic E-state index is 0.235. The Morgan fingerprint density at radius 1 is 0.947 bits per heavy atom. The Kier molecular flexibility index (Phi) is 2.62. The first-order valence-electron chi connectivity index (χ1n) is 5.92. The number of rotatable bonds is 1. The Labute approximate surface area is 109 Å². The molecule has 3 nitrogen and oxygen atoms in total. The fourth-order valence-corrected chi connectivity index (χ4v) is 2.24. The van der Waals surface area contributed by atoms with E-state index in [1.165, 1.54) is 0 Å². The lowest BCUT2D eigenvalue weighted by atomic mass is 9.98. The average molecular weight is 246 g/mol. The summed E-state index contributed by atoms with van der Waals surface area (Å²) in [6.07, 6.45) is 0. The van der Waals surface area contributed by atoms with Crippen molar-refractivity contribution in [3.8, 4) is 17.2 Å². The number of aromatic nitrogens is 1. The van der Waals surface area contributed by atoms with Crippen LogP contribution in [-0.4, -0.2) is 4.98 Å². The minimum atomic E-state index is -0.235. The Balaban J connectivity index is 2.47. The molecule has 0 fully saturated rings. The van der Waals surface area contributed by atoms with Crippen LogP contribution in [0.4, 0.5) is 0 Å². The highest BCUT2D eigenvalue weighted by Gasteiger charge is 2.13. The van der Waals surface area contributed by atoms with Gasteiger partial charge in [-0.3, -0.25) is 4.79 Å². The number of pyridine rings is 1. The van der Waals surface area contributed by atoms with Gasteiger partial charge in [0.2, 0.25) is 0 Å². The van der Waals surface area contributed by atoms with Crippen molar-refractivity contribution in [3.05, 3.63) is 70.5 Å². The molecule has 3 rings (SSSR count). The van der Waals surface area contributed by atoms with Crippen molar-refractivity contribution >= 4 is 10.9 Å². The molecule has 0 aliphatic rings. The maximum atomic E-state index is 12.2. The van der Waals surface area contributed by atoms with Crippen molar-refractivity contribution in [2.75, 3.05) is 0 Å². The SMILES string of the molecule is N#Cc1c(-c2ccccc2)c(=O)[nH]c2ccccc12. The number of nitriles is 1. The number of nitrogens with zero attached hydrogens (tertiary/aromatic N) is 1. The minimum Gasteiger partial charge on any atom is -0.321 e. The molecule has 2 aromatic carbocycles. The maximum absolute atomic E-state index is 12.2. The van der Waals surface area contributed by atoms with Gasteiger partial charge in [0.05, 0.1) is 11.1 Å². The molecule has 0 saturated heterocycles. The molecule has 0 aliphatic heterocycles. The van der Waals surface area contributed by atoms with Crippen LogP contribution in [0.5, 0.6) is 0 Å². The highest BCUT2D eigenvalue weighted by molar-refractivity contribution is 5.91. The Bertz CT molecular complexity index is 842. The molecule has 0 atom stereocenters. The zero-order valence-electron chi connectivity index (χ0n) is 10.1. The predicted octanol–water partition coefficient (Wildman–Crippen LogP) is 3.07. The summed E-state index contributed by atoms with van der Waals surface area (Å²) in [6.45, 7) is 0.